The number of amidine groups is 1. The van der Waals surface area contributed by atoms with Gasteiger partial charge in [0.05, 0.1) is 5.75 Å². The molecule has 1 rings (SSSR count). The highest BCUT2D eigenvalue weighted by Crippen LogP contribution is 2.26. The van der Waals surface area contributed by atoms with Crippen LogP contribution in [0.3, 0.4) is 0 Å². The van der Waals surface area contributed by atoms with Gasteiger partial charge in [-0.1, -0.05) is 18.7 Å². The number of amides is 1. The van der Waals surface area contributed by atoms with E-state index in [9.17, 15) is 4.79 Å². The molecule has 0 spiro atoms. The maximum Gasteiger partial charge on any atom is 0.233 e. The standard InChI is InChI=1S/C12H23N5OS/c1-8-3-5-9(6-4-8)17(2)10(18)7-19-12(15)16-11(13)14/h8-9H,3-7H2,1-2H3,(H5,13,14,15,16). The van der Waals surface area contributed by atoms with Crippen molar-refractivity contribution in [2.45, 2.75) is 38.6 Å². The zero-order valence-corrected chi connectivity index (χ0v) is 12.4. The van der Waals surface area contributed by atoms with Crippen LogP contribution in [-0.4, -0.2) is 40.8 Å². The third kappa shape index (κ3) is 5.50. The zero-order chi connectivity index (χ0) is 14.4. The van der Waals surface area contributed by atoms with Gasteiger partial charge in [0.1, 0.15) is 0 Å². The fourth-order valence-electron chi connectivity index (χ4n) is 2.21. The molecule has 1 aliphatic rings. The molecular weight excluding hydrogens is 262 g/mol. The van der Waals surface area contributed by atoms with Crippen LogP contribution in [0.1, 0.15) is 32.6 Å². The van der Waals surface area contributed by atoms with Gasteiger partial charge in [-0.15, -0.1) is 0 Å². The number of nitrogens with one attached hydrogen (secondary N) is 1. The molecule has 0 radical (unpaired) electrons. The third-order valence-electron chi connectivity index (χ3n) is 3.49. The summed E-state index contributed by atoms with van der Waals surface area (Å²) in [5.74, 6) is 0.849. The molecular formula is C12H23N5OS. The van der Waals surface area contributed by atoms with Crippen molar-refractivity contribution in [2.24, 2.45) is 22.4 Å². The number of carbonyl (C=O) groups excluding carboxylic acids is 1. The molecule has 0 atom stereocenters. The molecule has 0 aromatic heterocycles. The first-order valence-electron chi connectivity index (χ1n) is 6.46. The lowest BCUT2D eigenvalue weighted by Crippen LogP contribution is -2.40. The van der Waals surface area contributed by atoms with E-state index < -0.39 is 0 Å². The Bertz CT molecular complexity index is 359. The number of nitrogens with two attached hydrogens (primary N) is 2. The minimum absolute atomic E-state index is 0.0279. The van der Waals surface area contributed by atoms with E-state index in [4.69, 9.17) is 16.9 Å². The minimum Gasteiger partial charge on any atom is -0.370 e. The van der Waals surface area contributed by atoms with E-state index >= 15 is 0 Å². The summed E-state index contributed by atoms with van der Waals surface area (Å²) in [6.07, 6.45) is 4.50. The van der Waals surface area contributed by atoms with E-state index in [-0.39, 0.29) is 22.8 Å². The fourth-order valence-corrected chi connectivity index (χ4v) is 2.85. The van der Waals surface area contributed by atoms with Crippen molar-refractivity contribution in [3.05, 3.63) is 0 Å². The highest BCUT2D eigenvalue weighted by Gasteiger charge is 2.24. The smallest absolute Gasteiger partial charge is 0.233 e. The predicted molar refractivity (Wildman–Crippen MR) is 80.2 cm³/mol. The van der Waals surface area contributed by atoms with Gasteiger partial charge in [0, 0.05) is 13.1 Å². The normalized spacial score (nSPS) is 22.6. The Hall–Kier alpha value is -1.24. The number of thioether (sulfide) groups is 1. The van der Waals surface area contributed by atoms with Gasteiger partial charge in [-0.25, -0.2) is 0 Å². The van der Waals surface area contributed by atoms with E-state index in [0.29, 0.717) is 6.04 Å². The molecule has 0 aromatic rings. The topological polar surface area (TPSA) is 109 Å². The number of hydrogen-bond donors (Lipinski definition) is 3. The molecule has 1 saturated carbocycles. The average molecular weight is 285 g/mol. The number of guanidine groups is 1. The Morgan fingerprint density at radius 2 is 1.95 bits per heavy atom. The van der Waals surface area contributed by atoms with Gasteiger partial charge in [-0.3, -0.25) is 10.2 Å². The molecule has 0 bridgehead atoms. The van der Waals surface area contributed by atoms with Crippen LogP contribution in [0.15, 0.2) is 4.99 Å². The maximum absolute atomic E-state index is 12.0. The van der Waals surface area contributed by atoms with Crippen molar-refractivity contribution < 1.29 is 4.79 Å². The zero-order valence-electron chi connectivity index (χ0n) is 11.6. The maximum atomic E-state index is 12.0. The molecule has 6 nitrogen and oxygen atoms in total. The fraction of sp³-hybridized carbons (Fsp3) is 0.750. The largest absolute Gasteiger partial charge is 0.370 e. The van der Waals surface area contributed by atoms with Crippen LogP contribution >= 0.6 is 11.8 Å². The van der Waals surface area contributed by atoms with Gasteiger partial charge in [0.2, 0.25) is 5.91 Å². The van der Waals surface area contributed by atoms with Gasteiger partial charge in [0.15, 0.2) is 11.1 Å². The summed E-state index contributed by atoms with van der Waals surface area (Å²) in [7, 11) is 1.84. The average Bonchev–Trinajstić information content (AvgIpc) is 2.35. The molecule has 0 heterocycles. The summed E-state index contributed by atoms with van der Waals surface area (Å²) < 4.78 is 0. The molecule has 19 heavy (non-hydrogen) atoms. The molecule has 1 amide bonds. The Balaban J connectivity index is 2.36. The molecule has 0 unspecified atom stereocenters. The van der Waals surface area contributed by atoms with Crippen molar-refractivity contribution in [1.82, 2.24) is 4.90 Å². The van der Waals surface area contributed by atoms with Crippen LogP contribution in [0.2, 0.25) is 0 Å². The summed E-state index contributed by atoms with van der Waals surface area (Å²) >= 11 is 1.05. The Labute approximate surface area is 118 Å². The van der Waals surface area contributed by atoms with E-state index in [2.05, 4.69) is 11.9 Å². The van der Waals surface area contributed by atoms with Crippen LogP contribution in [-0.2, 0) is 4.79 Å². The van der Waals surface area contributed by atoms with Crippen LogP contribution in [0.25, 0.3) is 0 Å². The number of carbonyl (C=O) groups is 1. The summed E-state index contributed by atoms with van der Waals surface area (Å²) in [5, 5.41) is 7.44. The number of nitrogens with zero attached hydrogens (tertiary/aromatic N) is 2. The summed E-state index contributed by atoms with van der Waals surface area (Å²) in [6, 6.07) is 0.335. The summed E-state index contributed by atoms with van der Waals surface area (Å²) in [4.78, 5) is 17.4. The van der Waals surface area contributed by atoms with Crippen LogP contribution in [0, 0.1) is 11.3 Å². The van der Waals surface area contributed by atoms with Crippen molar-refractivity contribution in [2.75, 3.05) is 12.8 Å². The highest BCUT2D eigenvalue weighted by molar-refractivity contribution is 8.14. The first-order chi connectivity index (χ1) is 8.90. The second kappa shape index (κ2) is 7.37. The molecule has 0 aromatic carbocycles. The van der Waals surface area contributed by atoms with E-state index in [1.807, 2.05) is 11.9 Å². The Morgan fingerprint density at radius 3 is 2.47 bits per heavy atom. The number of aliphatic imine (C=N–C) groups is 1. The first-order valence-corrected chi connectivity index (χ1v) is 7.45. The molecule has 108 valence electrons. The molecule has 0 saturated heterocycles. The quantitative estimate of drug-likeness (QED) is 0.530. The van der Waals surface area contributed by atoms with Crippen molar-refractivity contribution in [3.8, 4) is 0 Å². The molecule has 7 heteroatoms. The SMILES string of the molecule is CC1CCC(N(C)C(=O)CSC(=N)N=C(N)N)CC1. The number of hydrogen-bond acceptors (Lipinski definition) is 3. The Morgan fingerprint density at radius 1 is 1.37 bits per heavy atom. The third-order valence-corrected chi connectivity index (χ3v) is 4.25. The first kappa shape index (κ1) is 15.8. The molecule has 5 N–H and O–H groups in total. The summed E-state index contributed by atoms with van der Waals surface area (Å²) in [5.41, 5.74) is 10.3. The van der Waals surface area contributed by atoms with Crippen LogP contribution in [0.4, 0.5) is 0 Å². The Kier molecular flexibility index (Phi) is 6.14. The van der Waals surface area contributed by atoms with Crippen molar-refractivity contribution >= 4 is 28.8 Å². The van der Waals surface area contributed by atoms with E-state index in [1.54, 1.807) is 0 Å². The van der Waals surface area contributed by atoms with Gasteiger partial charge in [0.25, 0.3) is 0 Å². The van der Waals surface area contributed by atoms with Gasteiger partial charge in [-0.2, -0.15) is 4.99 Å². The van der Waals surface area contributed by atoms with Crippen molar-refractivity contribution in [3.63, 3.8) is 0 Å². The lowest BCUT2D eigenvalue weighted by atomic mass is 9.87. The second-order valence-electron chi connectivity index (χ2n) is 5.05. The lowest BCUT2D eigenvalue weighted by Gasteiger charge is -2.33. The second-order valence-corrected chi connectivity index (χ2v) is 6.01. The van der Waals surface area contributed by atoms with Gasteiger partial charge < -0.3 is 16.4 Å². The lowest BCUT2D eigenvalue weighted by molar-refractivity contribution is -0.129. The molecule has 0 aliphatic heterocycles. The predicted octanol–water partition coefficient (Wildman–Crippen LogP) is 0.965. The van der Waals surface area contributed by atoms with E-state index in [0.717, 1.165) is 30.5 Å². The highest BCUT2D eigenvalue weighted by atomic mass is 32.2. The molecule has 1 fully saturated rings. The number of rotatable bonds is 3. The minimum atomic E-state index is -0.153. The van der Waals surface area contributed by atoms with Crippen molar-refractivity contribution in [1.29, 1.82) is 5.41 Å². The molecule has 1 aliphatic carbocycles. The van der Waals surface area contributed by atoms with Crippen LogP contribution < -0.4 is 11.5 Å². The summed E-state index contributed by atoms with van der Waals surface area (Å²) in [6.45, 7) is 2.25. The van der Waals surface area contributed by atoms with Gasteiger partial charge >= 0.3 is 0 Å². The monoisotopic (exact) mass is 285 g/mol. The van der Waals surface area contributed by atoms with E-state index in [1.165, 1.54) is 12.8 Å². The van der Waals surface area contributed by atoms with Crippen LogP contribution in [0.5, 0.6) is 0 Å². The van der Waals surface area contributed by atoms with Gasteiger partial charge in [-0.05, 0) is 31.6 Å².